The molecular formula is C19H18N4O2S. The highest BCUT2D eigenvalue weighted by molar-refractivity contribution is 7.80. The van der Waals surface area contributed by atoms with E-state index in [0.29, 0.717) is 29.6 Å². The summed E-state index contributed by atoms with van der Waals surface area (Å²) in [7, 11) is 1.38. The Balaban J connectivity index is 2.23. The fourth-order valence-corrected chi connectivity index (χ4v) is 3.83. The van der Waals surface area contributed by atoms with Crippen LogP contribution in [0.15, 0.2) is 36.9 Å². The lowest BCUT2D eigenvalue weighted by Gasteiger charge is -2.29. The summed E-state index contributed by atoms with van der Waals surface area (Å²) in [6, 6.07) is 7.90. The molecule has 6 nitrogen and oxygen atoms in total. The van der Waals surface area contributed by atoms with Crippen molar-refractivity contribution >= 4 is 56.6 Å². The van der Waals surface area contributed by atoms with Gasteiger partial charge in [-0.3, -0.25) is 4.90 Å². The van der Waals surface area contributed by atoms with Crippen molar-refractivity contribution < 1.29 is 9.53 Å². The summed E-state index contributed by atoms with van der Waals surface area (Å²) in [6.45, 7) is 6.96. The zero-order chi connectivity index (χ0) is 18.4. The average Bonchev–Trinajstić information content (AvgIpc) is 2.99. The van der Waals surface area contributed by atoms with Crippen LogP contribution in [0.3, 0.4) is 0 Å². The number of rotatable bonds is 4. The first kappa shape index (κ1) is 16.5. The summed E-state index contributed by atoms with van der Waals surface area (Å²) >= 11 is 5.53. The van der Waals surface area contributed by atoms with E-state index in [1.807, 2.05) is 40.7 Å². The van der Waals surface area contributed by atoms with Crippen LogP contribution in [-0.4, -0.2) is 34.3 Å². The highest BCUT2D eigenvalue weighted by Crippen LogP contribution is 2.43. The third-order valence-corrected chi connectivity index (χ3v) is 4.93. The highest BCUT2D eigenvalue weighted by Gasteiger charge is 2.33. The summed E-state index contributed by atoms with van der Waals surface area (Å²) in [4.78, 5) is 19.3. The van der Waals surface area contributed by atoms with Crippen LogP contribution in [0.1, 0.15) is 17.4 Å². The summed E-state index contributed by atoms with van der Waals surface area (Å²) < 4.78 is 7.01. The summed E-state index contributed by atoms with van der Waals surface area (Å²) in [5, 5.41) is 5.56. The fourth-order valence-electron chi connectivity index (χ4n) is 3.57. The molecule has 0 unspecified atom stereocenters. The van der Waals surface area contributed by atoms with E-state index in [-0.39, 0.29) is 0 Å². The minimum atomic E-state index is -0.402. The standard InChI is InChI=1S/C19H18N4O2S/c1-4-10-23-17-13-14(21-19(23)26)16(18(24)25-3)22(5-2)15(13)11-8-6-7-9-12(11)20-17/h4,6-9H,1,5,10H2,2-3H3,(H,21,26). The molecule has 0 amide bonds. The summed E-state index contributed by atoms with van der Waals surface area (Å²) in [6.07, 6.45) is 1.78. The number of hydrogen-bond donors (Lipinski definition) is 1. The van der Waals surface area contributed by atoms with Gasteiger partial charge in [0.15, 0.2) is 10.8 Å². The Morgan fingerprint density at radius 1 is 1.42 bits per heavy atom. The Morgan fingerprint density at radius 2 is 2.19 bits per heavy atom. The first-order valence-corrected chi connectivity index (χ1v) is 8.75. The van der Waals surface area contributed by atoms with Crippen LogP contribution >= 0.6 is 12.2 Å². The van der Waals surface area contributed by atoms with E-state index in [1.165, 1.54) is 7.11 Å². The van der Waals surface area contributed by atoms with E-state index in [0.717, 1.165) is 27.6 Å². The molecule has 0 fully saturated rings. The van der Waals surface area contributed by atoms with Gasteiger partial charge in [0.2, 0.25) is 0 Å². The second kappa shape index (κ2) is 6.10. The van der Waals surface area contributed by atoms with Gasteiger partial charge in [-0.2, -0.15) is 0 Å². The number of fused-ring (bicyclic) bond motifs is 2. The molecule has 0 bridgehead atoms. The average molecular weight is 366 g/mol. The molecule has 3 heterocycles. The molecule has 2 aromatic heterocycles. The predicted molar refractivity (Wildman–Crippen MR) is 108 cm³/mol. The normalized spacial score (nSPS) is 13.2. The van der Waals surface area contributed by atoms with Gasteiger partial charge in [-0.25, -0.2) is 9.78 Å². The van der Waals surface area contributed by atoms with Crippen LogP contribution in [0.5, 0.6) is 0 Å². The number of carbonyl (C=O) groups is 1. The largest absolute Gasteiger partial charge is 0.464 e. The minimum Gasteiger partial charge on any atom is -0.464 e. The van der Waals surface area contributed by atoms with Gasteiger partial charge in [0.05, 0.1) is 29.2 Å². The van der Waals surface area contributed by atoms with Gasteiger partial charge in [-0.15, -0.1) is 6.58 Å². The Hall–Kier alpha value is -2.93. The second-order valence-electron chi connectivity index (χ2n) is 5.97. The molecule has 4 rings (SSSR count). The van der Waals surface area contributed by atoms with Crippen molar-refractivity contribution in [3.05, 3.63) is 42.6 Å². The molecule has 0 saturated heterocycles. The number of hydrogen-bond acceptors (Lipinski definition) is 4. The monoisotopic (exact) mass is 366 g/mol. The number of aromatic nitrogens is 2. The third kappa shape index (κ3) is 2.13. The number of thiocarbonyl (C=S) groups is 1. The lowest BCUT2D eigenvalue weighted by Crippen LogP contribution is -2.38. The molecule has 7 heteroatoms. The number of para-hydroxylation sites is 1. The van der Waals surface area contributed by atoms with Gasteiger partial charge in [-0.1, -0.05) is 24.3 Å². The van der Waals surface area contributed by atoms with E-state index in [2.05, 4.69) is 11.9 Å². The quantitative estimate of drug-likeness (QED) is 0.432. The molecule has 1 N–H and O–H groups in total. The van der Waals surface area contributed by atoms with Crippen molar-refractivity contribution in [3.8, 4) is 0 Å². The maximum absolute atomic E-state index is 12.6. The number of pyridine rings is 1. The lowest BCUT2D eigenvalue weighted by molar-refractivity contribution is 0.0590. The second-order valence-corrected chi connectivity index (χ2v) is 6.35. The number of ether oxygens (including phenoxy) is 1. The number of nitrogens with zero attached hydrogens (tertiary/aromatic N) is 3. The Labute approximate surface area is 156 Å². The fraction of sp³-hybridized carbons (Fsp3) is 0.211. The molecule has 0 spiro atoms. The van der Waals surface area contributed by atoms with Crippen LogP contribution in [0.25, 0.3) is 21.8 Å². The summed E-state index contributed by atoms with van der Waals surface area (Å²) in [5.74, 6) is 0.329. The zero-order valence-corrected chi connectivity index (χ0v) is 15.4. The van der Waals surface area contributed by atoms with Gasteiger partial charge in [0, 0.05) is 18.5 Å². The smallest absolute Gasteiger partial charge is 0.356 e. The number of methoxy groups -OCH3 is 1. The van der Waals surface area contributed by atoms with Crippen LogP contribution in [-0.2, 0) is 11.3 Å². The maximum atomic E-state index is 12.6. The molecule has 0 saturated carbocycles. The number of nitrogens with one attached hydrogen (secondary N) is 1. The van der Waals surface area contributed by atoms with Gasteiger partial charge < -0.3 is 14.6 Å². The topological polar surface area (TPSA) is 59.4 Å². The molecule has 0 aliphatic carbocycles. The molecule has 1 aliphatic heterocycles. The van der Waals surface area contributed by atoms with Crippen molar-refractivity contribution in [1.29, 1.82) is 0 Å². The predicted octanol–water partition coefficient (Wildman–Crippen LogP) is 3.70. The first-order chi connectivity index (χ1) is 12.6. The summed E-state index contributed by atoms with van der Waals surface area (Å²) in [5.41, 5.74) is 2.92. The molecule has 1 aliphatic rings. The maximum Gasteiger partial charge on any atom is 0.356 e. The Kier molecular flexibility index (Phi) is 3.88. The molecule has 0 atom stereocenters. The number of carbonyl (C=O) groups excluding carboxylic acids is 1. The van der Waals surface area contributed by atoms with Crippen molar-refractivity contribution in [3.63, 3.8) is 0 Å². The highest BCUT2D eigenvalue weighted by atomic mass is 32.1. The van der Waals surface area contributed by atoms with Gasteiger partial charge in [0.25, 0.3) is 0 Å². The molecule has 26 heavy (non-hydrogen) atoms. The Bertz CT molecular complexity index is 1090. The van der Waals surface area contributed by atoms with Crippen molar-refractivity contribution in [2.24, 2.45) is 0 Å². The van der Waals surface area contributed by atoms with Crippen LogP contribution in [0.4, 0.5) is 11.5 Å². The lowest BCUT2D eigenvalue weighted by atomic mass is 10.1. The molecular weight excluding hydrogens is 348 g/mol. The number of aryl methyl sites for hydroxylation is 1. The SMILES string of the molecule is C=CCN1C(=S)Nc2c(C(=O)OC)n(CC)c3c2c1nc1ccccc13. The van der Waals surface area contributed by atoms with Crippen molar-refractivity contribution in [2.75, 3.05) is 23.9 Å². The van der Waals surface area contributed by atoms with Crippen LogP contribution in [0, 0.1) is 0 Å². The molecule has 0 radical (unpaired) electrons. The van der Waals surface area contributed by atoms with E-state index < -0.39 is 5.97 Å². The van der Waals surface area contributed by atoms with E-state index in [9.17, 15) is 4.79 Å². The van der Waals surface area contributed by atoms with E-state index in [1.54, 1.807) is 6.08 Å². The third-order valence-electron chi connectivity index (χ3n) is 4.61. The van der Waals surface area contributed by atoms with Crippen LogP contribution < -0.4 is 10.2 Å². The first-order valence-electron chi connectivity index (χ1n) is 8.35. The molecule has 132 valence electrons. The van der Waals surface area contributed by atoms with Gasteiger partial charge in [0.1, 0.15) is 5.82 Å². The van der Waals surface area contributed by atoms with Crippen LogP contribution in [0.2, 0.25) is 0 Å². The molecule has 3 aromatic rings. The molecule has 1 aromatic carbocycles. The van der Waals surface area contributed by atoms with E-state index in [4.69, 9.17) is 21.9 Å². The Morgan fingerprint density at radius 3 is 2.88 bits per heavy atom. The van der Waals surface area contributed by atoms with E-state index >= 15 is 0 Å². The van der Waals surface area contributed by atoms with Gasteiger partial charge in [-0.05, 0) is 25.2 Å². The number of benzene rings is 1. The zero-order valence-electron chi connectivity index (χ0n) is 14.6. The number of anilines is 2. The number of esters is 1. The van der Waals surface area contributed by atoms with Gasteiger partial charge >= 0.3 is 5.97 Å². The minimum absolute atomic E-state index is 0.402. The van der Waals surface area contributed by atoms with Crippen molar-refractivity contribution in [2.45, 2.75) is 13.5 Å². The van der Waals surface area contributed by atoms with Crippen molar-refractivity contribution in [1.82, 2.24) is 9.55 Å².